The molecule has 1 aliphatic heterocycles. The number of hydrogen-bond acceptors (Lipinski definition) is 4. The number of nitrogens with zero attached hydrogens (tertiary/aromatic N) is 3. The molecule has 132 valence electrons. The first kappa shape index (κ1) is 16.1. The molecule has 3 nitrogen and oxygen atoms in total. The maximum atomic E-state index is 14.0. The van der Waals surface area contributed by atoms with Gasteiger partial charge in [0, 0.05) is 64.7 Å². The summed E-state index contributed by atoms with van der Waals surface area (Å²) in [7, 11) is 0. The van der Waals surface area contributed by atoms with Gasteiger partial charge in [-0.25, -0.2) is 14.4 Å². The smallest absolute Gasteiger partial charge is 0.131 e. The fourth-order valence-electron chi connectivity index (χ4n) is 3.55. The van der Waals surface area contributed by atoms with Crippen LogP contribution in [0.4, 0.5) is 4.39 Å². The van der Waals surface area contributed by atoms with Gasteiger partial charge in [-0.05, 0) is 31.0 Å². The Morgan fingerprint density at radius 3 is 2.88 bits per heavy atom. The second-order valence-electron chi connectivity index (χ2n) is 7.18. The monoisotopic (exact) mass is 365 g/mol. The largest absolute Gasteiger partial charge is 0.293 e. The second kappa shape index (κ2) is 6.56. The van der Waals surface area contributed by atoms with E-state index in [9.17, 15) is 4.39 Å². The predicted octanol–water partition coefficient (Wildman–Crippen LogP) is 4.78. The molecule has 1 saturated carbocycles. The molecule has 0 N–H and O–H groups in total. The summed E-state index contributed by atoms with van der Waals surface area (Å²) in [5, 5.41) is 0. The van der Waals surface area contributed by atoms with Crippen molar-refractivity contribution in [1.82, 2.24) is 14.9 Å². The van der Waals surface area contributed by atoms with Gasteiger partial charge < -0.3 is 0 Å². The van der Waals surface area contributed by atoms with E-state index in [-0.39, 0.29) is 5.82 Å². The maximum Gasteiger partial charge on any atom is 0.131 e. The summed E-state index contributed by atoms with van der Waals surface area (Å²) < 4.78 is 14.0. The van der Waals surface area contributed by atoms with Crippen molar-refractivity contribution in [1.29, 1.82) is 0 Å². The molecule has 0 saturated heterocycles. The number of hydrogen-bond donors (Lipinski definition) is 0. The molecule has 2 aromatic heterocycles. The molecule has 5 rings (SSSR count). The highest BCUT2D eigenvalue weighted by Gasteiger charge is 2.28. The lowest BCUT2D eigenvalue weighted by molar-refractivity contribution is 0.244. The summed E-state index contributed by atoms with van der Waals surface area (Å²) in [6, 6.07) is 11.1. The molecule has 26 heavy (non-hydrogen) atoms. The van der Waals surface area contributed by atoms with Crippen LogP contribution in [0.1, 0.15) is 40.7 Å². The van der Waals surface area contributed by atoms with Crippen molar-refractivity contribution >= 4 is 11.3 Å². The van der Waals surface area contributed by atoms with E-state index in [1.807, 2.05) is 24.4 Å². The van der Waals surface area contributed by atoms with E-state index in [0.717, 1.165) is 36.8 Å². The highest BCUT2D eigenvalue weighted by Crippen LogP contribution is 2.38. The number of halogens is 1. The number of fused-ring (bicyclic) bond motifs is 1. The highest BCUT2D eigenvalue weighted by molar-refractivity contribution is 7.15. The summed E-state index contributed by atoms with van der Waals surface area (Å²) in [5.74, 6) is 1.50. The van der Waals surface area contributed by atoms with Crippen LogP contribution in [-0.4, -0.2) is 21.4 Å². The average Bonchev–Trinajstić information content (AvgIpc) is 3.41. The zero-order valence-corrected chi connectivity index (χ0v) is 15.3. The number of benzene rings is 1. The van der Waals surface area contributed by atoms with Crippen molar-refractivity contribution in [2.24, 2.45) is 0 Å². The van der Waals surface area contributed by atoms with Crippen LogP contribution in [0, 0.1) is 5.82 Å². The van der Waals surface area contributed by atoms with Crippen molar-refractivity contribution < 1.29 is 4.39 Å². The SMILES string of the molecule is Fc1ccccc1-c1ccc(CN2CCc3nc(C4CC4)ncc3C2)s1. The van der Waals surface area contributed by atoms with Gasteiger partial charge in [0.25, 0.3) is 0 Å². The molecule has 0 atom stereocenters. The zero-order chi connectivity index (χ0) is 17.5. The molecule has 5 heteroatoms. The van der Waals surface area contributed by atoms with Gasteiger partial charge in [-0.1, -0.05) is 18.2 Å². The van der Waals surface area contributed by atoms with E-state index in [1.54, 1.807) is 17.4 Å². The van der Waals surface area contributed by atoms with E-state index < -0.39 is 0 Å². The summed E-state index contributed by atoms with van der Waals surface area (Å²) in [6.45, 7) is 2.80. The lowest BCUT2D eigenvalue weighted by Crippen LogP contribution is -2.30. The molecule has 0 bridgehead atoms. The van der Waals surface area contributed by atoms with Crippen molar-refractivity contribution in [3.8, 4) is 10.4 Å². The van der Waals surface area contributed by atoms with Gasteiger partial charge in [0.05, 0.1) is 0 Å². The van der Waals surface area contributed by atoms with E-state index in [1.165, 1.54) is 35.0 Å². The number of rotatable bonds is 4. The van der Waals surface area contributed by atoms with Crippen LogP contribution in [0.5, 0.6) is 0 Å². The summed E-state index contributed by atoms with van der Waals surface area (Å²) in [5.41, 5.74) is 3.18. The van der Waals surface area contributed by atoms with Crippen LogP contribution in [0.25, 0.3) is 10.4 Å². The fourth-order valence-corrected chi connectivity index (χ4v) is 4.63. The van der Waals surface area contributed by atoms with Crippen molar-refractivity contribution in [3.63, 3.8) is 0 Å². The Morgan fingerprint density at radius 1 is 1.15 bits per heavy atom. The van der Waals surface area contributed by atoms with E-state index >= 15 is 0 Å². The topological polar surface area (TPSA) is 29.0 Å². The molecule has 0 unspecified atom stereocenters. The Labute approximate surface area is 156 Å². The van der Waals surface area contributed by atoms with E-state index in [2.05, 4.69) is 16.0 Å². The maximum absolute atomic E-state index is 14.0. The number of thiophene rings is 1. The molecule has 3 aromatic rings. The third-order valence-corrected chi connectivity index (χ3v) is 6.26. The molecule has 1 fully saturated rings. The first-order valence-corrected chi connectivity index (χ1v) is 9.98. The molecule has 3 heterocycles. The minimum Gasteiger partial charge on any atom is -0.293 e. The van der Waals surface area contributed by atoms with Crippen molar-refractivity contribution in [3.05, 3.63) is 70.4 Å². The van der Waals surface area contributed by atoms with Crippen LogP contribution in [0.15, 0.2) is 42.6 Å². The molecule has 0 radical (unpaired) electrons. The summed E-state index contributed by atoms with van der Waals surface area (Å²) >= 11 is 1.68. The van der Waals surface area contributed by atoms with Gasteiger partial charge in [-0.15, -0.1) is 11.3 Å². The first-order valence-electron chi connectivity index (χ1n) is 9.17. The van der Waals surface area contributed by atoms with Gasteiger partial charge >= 0.3 is 0 Å². The van der Waals surface area contributed by atoms with Gasteiger partial charge in [0.15, 0.2) is 0 Å². The van der Waals surface area contributed by atoms with E-state index in [4.69, 9.17) is 4.98 Å². The van der Waals surface area contributed by atoms with Gasteiger partial charge in [-0.3, -0.25) is 4.90 Å². The summed E-state index contributed by atoms with van der Waals surface area (Å²) in [4.78, 5) is 14.1. The van der Waals surface area contributed by atoms with Crippen LogP contribution in [0.3, 0.4) is 0 Å². The molecule has 1 aromatic carbocycles. The molecule has 0 amide bonds. The average molecular weight is 365 g/mol. The summed E-state index contributed by atoms with van der Waals surface area (Å²) in [6.07, 6.45) is 5.51. The molecule has 2 aliphatic rings. The lowest BCUT2D eigenvalue weighted by atomic mass is 10.1. The molecular formula is C21H20FN3S. The number of aromatic nitrogens is 2. The first-order chi connectivity index (χ1) is 12.8. The van der Waals surface area contributed by atoms with Crippen LogP contribution >= 0.6 is 11.3 Å². The van der Waals surface area contributed by atoms with Crippen molar-refractivity contribution in [2.45, 2.75) is 38.3 Å². The fraction of sp³-hybridized carbons (Fsp3) is 0.333. The normalized spacial score (nSPS) is 17.3. The minimum absolute atomic E-state index is 0.156. The van der Waals surface area contributed by atoms with Crippen LogP contribution in [0.2, 0.25) is 0 Å². The Balaban J connectivity index is 1.30. The van der Waals surface area contributed by atoms with Gasteiger partial charge in [0.2, 0.25) is 0 Å². The van der Waals surface area contributed by atoms with Gasteiger partial charge in [0.1, 0.15) is 11.6 Å². The van der Waals surface area contributed by atoms with E-state index in [0.29, 0.717) is 11.5 Å². The predicted molar refractivity (Wildman–Crippen MR) is 102 cm³/mol. The molecule has 1 aliphatic carbocycles. The standard InChI is InChI=1S/C21H20FN3S/c22-18-4-2-1-3-17(18)20-8-7-16(26-20)13-25-10-9-19-15(12-25)11-23-21(24-19)14-5-6-14/h1-4,7-8,11,14H,5-6,9-10,12-13H2. The Morgan fingerprint density at radius 2 is 2.04 bits per heavy atom. The Bertz CT molecular complexity index is 948. The van der Waals surface area contributed by atoms with Crippen LogP contribution < -0.4 is 0 Å². The quantitative estimate of drug-likeness (QED) is 0.666. The second-order valence-corrected chi connectivity index (χ2v) is 8.35. The Kier molecular flexibility index (Phi) is 4.06. The highest BCUT2D eigenvalue weighted by atomic mass is 32.1. The molecular weight excluding hydrogens is 345 g/mol. The molecule has 0 spiro atoms. The van der Waals surface area contributed by atoms with Gasteiger partial charge in [-0.2, -0.15) is 0 Å². The lowest BCUT2D eigenvalue weighted by Gasteiger charge is -2.27. The third kappa shape index (κ3) is 3.17. The van der Waals surface area contributed by atoms with Crippen molar-refractivity contribution in [2.75, 3.05) is 6.54 Å². The third-order valence-electron chi connectivity index (χ3n) is 5.15. The van der Waals surface area contributed by atoms with Crippen LogP contribution in [-0.2, 0) is 19.5 Å². The minimum atomic E-state index is -0.156. The zero-order valence-electron chi connectivity index (χ0n) is 14.5. The Hall–Kier alpha value is -2.11.